The first kappa shape index (κ1) is 18.1. The number of halogens is 2. The van der Waals surface area contributed by atoms with Gasteiger partial charge in [0.15, 0.2) is 5.82 Å². The van der Waals surface area contributed by atoms with Gasteiger partial charge in [-0.2, -0.15) is 0 Å². The predicted molar refractivity (Wildman–Crippen MR) is 108 cm³/mol. The lowest BCUT2D eigenvalue weighted by atomic mass is 10.2. The summed E-state index contributed by atoms with van der Waals surface area (Å²) in [7, 11) is 0. The van der Waals surface area contributed by atoms with Crippen LogP contribution in [0.2, 0.25) is 10.0 Å². The molecule has 0 saturated heterocycles. The Labute approximate surface area is 169 Å². The number of hydrogen-bond donors (Lipinski definition) is 2. The second-order valence-corrected chi connectivity index (χ2v) is 6.68. The average Bonchev–Trinajstić information content (AvgIpc) is 2.71. The molecule has 2 aromatic carbocycles. The standard InChI is InChI=1S/C19H12Cl2N5O2/c20-15-5-3-12(8-16(15)21)23-19-14-9-13(26(27)28)4-6-17(14)24-18(25-19)11-2-1-7-22-10-11/h1-10H,(H,27,28)(H,23,24,25)/q+1. The second-order valence-electron chi connectivity index (χ2n) is 5.87. The van der Waals surface area contributed by atoms with Crippen molar-refractivity contribution in [3.05, 3.63) is 75.9 Å². The van der Waals surface area contributed by atoms with Crippen LogP contribution in [0, 0.1) is 4.91 Å². The first-order valence-electron chi connectivity index (χ1n) is 8.12. The van der Waals surface area contributed by atoms with E-state index >= 15 is 0 Å². The summed E-state index contributed by atoms with van der Waals surface area (Å²) in [6, 6.07) is 13.3. The van der Waals surface area contributed by atoms with Gasteiger partial charge in [-0.3, -0.25) is 4.98 Å². The van der Waals surface area contributed by atoms with Crippen LogP contribution in [-0.4, -0.2) is 25.1 Å². The maximum Gasteiger partial charge on any atom is 0.317 e. The molecule has 0 fully saturated rings. The van der Waals surface area contributed by atoms with E-state index in [4.69, 9.17) is 23.2 Å². The Morgan fingerprint density at radius 2 is 1.86 bits per heavy atom. The number of nitrogens with zero attached hydrogens (tertiary/aromatic N) is 4. The fourth-order valence-electron chi connectivity index (χ4n) is 2.67. The number of hydrogen-bond acceptors (Lipinski definition) is 5. The smallest absolute Gasteiger partial charge is 0.317 e. The minimum atomic E-state index is -0.211. The largest absolute Gasteiger partial charge is 0.340 e. The van der Waals surface area contributed by atoms with Crippen molar-refractivity contribution in [3.63, 3.8) is 0 Å². The molecule has 0 unspecified atom stereocenters. The SMILES string of the molecule is O=[N+](O)c1ccc2nc(-c3cccnc3)nc(Nc3ccc(Cl)c(Cl)c3)c2c1. The Hall–Kier alpha value is -3.29. The monoisotopic (exact) mass is 412 g/mol. The molecule has 0 bridgehead atoms. The molecule has 0 aliphatic rings. The third-order valence-electron chi connectivity index (χ3n) is 4.00. The number of fused-ring (bicyclic) bond motifs is 1. The fraction of sp³-hybridized carbons (Fsp3) is 0. The minimum absolute atomic E-state index is 0.0578. The number of pyridine rings is 1. The summed E-state index contributed by atoms with van der Waals surface area (Å²) in [5.41, 5.74) is 2.03. The summed E-state index contributed by atoms with van der Waals surface area (Å²) in [6.07, 6.45) is 3.32. The van der Waals surface area contributed by atoms with E-state index in [-0.39, 0.29) is 10.6 Å². The van der Waals surface area contributed by atoms with E-state index in [1.54, 1.807) is 42.7 Å². The molecule has 0 atom stereocenters. The topological polar surface area (TPSA) is 91.0 Å². The quantitative estimate of drug-likeness (QED) is 0.427. The van der Waals surface area contributed by atoms with Crippen molar-refractivity contribution in [3.8, 4) is 11.4 Å². The Morgan fingerprint density at radius 3 is 2.57 bits per heavy atom. The van der Waals surface area contributed by atoms with Crippen molar-refractivity contribution in [1.29, 1.82) is 0 Å². The van der Waals surface area contributed by atoms with E-state index in [0.717, 1.165) is 5.56 Å². The van der Waals surface area contributed by atoms with E-state index in [9.17, 15) is 10.1 Å². The van der Waals surface area contributed by atoms with Crippen molar-refractivity contribution >= 4 is 51.3 Å². The van der Waals surface area contributed by atoms with Crippen LogP contribution >= 0.6 is 23.2 Å². The zero-order valence-corrected chi connectivity index (χ0v) is 15.7. The molecule has 7 nitrogen and oxygen atoms in total. The van der Waals surface area contributed by atoms with Gasteiger partial charge in [0.25, 0.3) is 4.92 Å². The van der Waals surface area contributed by atoms with E-state index in [1.807, 2.05) is 6.07 Å². The van der Waals surface area contributed by atoms with Gasteiger partial charge in [-0.15, -0.1) is 0 Å². The van der Waals surface area contributed by atoms with Crippen molar-refractivity contribution in [1.82, 2.24) is 15.0 Å². The Bertz CT molecular complexity index is 1200. The molecule has 0 saturated carbocycles. The number of rotatable bonds is 4. The van der Waals surface area contributed by atoms with Crippen LogP contribution in [0.3, 0.4) is 0 Å². The molecular formula is C19H12Cl2N5O2+. The van der Waals surface area contributed by atoms with Gasteiger partial charge in [0.1, 0.15) is 5.82 Å². The van der Waals surface area contributed by atoms with Crippen LogP contribution in [-0.2, 0) is 0 Å². The van der Waals surface area contributed by atoms with Gasteiger partial charge in [0.2, 0.25) is 0 Å². The number of benzene rings is 2. The van der Waals surface area contributed by atoms with E-state index in [2.05, 4.69) is 20.3 Å². The Morgan fingerprint density at radius 1 is 1.00 bits per heavy atom. The first-order valence-corrected chi connectivity index (χ1v) is 8.87. The lowest BCUT2D eigenvalue weighted by Crippen LogP contribution is -2.01. The average molecular weight is 413 g/mol. The molecule has 4 aromatic rings. The van der Waals surface area contributed by atoms with Crippen LogP contribution in [0.4, 0.5) is 17.2 Å². The molecule has 2 heterocycles. The number of aromatic nitrogens is 3. The maximum absolute atomic E-state index is 11.3. The van der Waals surface area contributed by atoms with Gasteiger partial charge in [-0.05, 0) is 36.4 Å². The van der Waals surface area contributed by atoms with E-state index < -0.39 is 0 Å². The summed E-state index contributed by atoms with van der Waals surface area (Å²) in [4.78, 5) is 24.3. The van der Waals surface area contributed by atoms with Gasteiger partial charge >= 0.3 is 5.69 Å². The van der Waals surface area contributed by atoms with Crippen molar-refractivity contribution in [2.75, 3.05) is 5.32 Å². The lowest BCUT2D eigenvalue weighted by Gasteiger charge is -2.11. The molecule has 9 heteroatoms. The second kappa shape index (κ2) is 7.38. The molecule has 0 aliphatic heterocycles. The van der Waals surface area contributed by atoms with Crippen LogP contribution < -0.4 is 5.32 Å². The molecule has 0 amide bonds. The number of anilines is 2. The first-order chi connectivity index (χ1) is 13.5. The molecule has 28 heavy (non-hydrogen) atoms. The third kappa shape index (κ3) is 3.58. The molecular weight excluding hydrogens is 401 g/mol. The number of nitrogens with one attached hydrogen (secondary N) is 1. The summed E-state index contributed by atoms with van der Waals surface area (Å²) in [5, 5.41) is 13.8. The molecule has 0 radical (unpaired) electrons. The van der Waals surface area contributed by atoms with E-state index in [0.29, 0.717) is 38.3 Å². The zero-order valence-electron chi connectivity index (χ0n) is 14.2. The van der Waals surface area contributed by atoms with Crippen LogP contribution in [0.25, 0.3) is 22.3 Å². The Balaban J connectivity index is 1.90. The van der Waals surface area contributed by atoms with Crippen molar-refractivity contribution in [2.24, 2.45) is 0 Å². The van der Waals surface area contributed by atoms with Crippen LogP contribution in [0.1, 0.15) is 0 Å². The van der Waals surface area contributed by atoms with Crippen molar-refractivity contribution in [2.45, 2.75) is 0 Å². The highest BCUT2D eigenvalue weighted by atomic mass is 35.5. The normalized spacial score (nSPS) is 10.8. The predicted octanol–water partition coefficient (Wildman–Crippen LogP) is 5.54. The highest BCUT2D eigenvalue weighted by Gasteiger charge is 2.17. The van der Waals surface area contributed by atoms with Gasteiger partial charge in [-0.1, -0.05) is 23.2 Å². The molecule has 138 valence electrons. The van der Waals surface area contributed by atoms with Gasteiger partial charge < -0.3 is 5.32 Å². The van der Waals surface area contributed by atoms with Gasteiger partial charge in [-0.25, -0.2) is 15.2 Å². The van der Waals surface area contributed by atoms with Gasteiger partial charge in [0, 0.05) is 35.8 Å². The molecule has 2 N–H and O–H groups in total. The fourth-order valence-corrected chi connectivity index (χ4v) is 2.96. The lowest BCUT2D eigenvalue weighted by molar-refractivity contribution is -0.729. The van der Waals surface area contributed by atoms with Crippen LogP contribution in [0.5, 0.6) is 0 Å². The maximum atomic E-state index is 11.3. The van der Waals surface area contributed by atoms with E-state index in [1.165, 1.54) is 12.1 Å². The summed E-state index contributed by atoms with van der Waals surface area (Å²) >= 11 is 12.1. The van der Waals surface area contributed by atoms with Gasteiger partial charge in [0.05, 0.1) is 25.9 Å². The summed E-state index contributed by atoms with van der Waals surface area (Å²) in [6.45, 7) is 0. The van der Waals surface area contributed by atoms with Crippen LogP contribution in [0.15, 0.2) is 60.9 Å². The molecule has 0 spiro atoms. The van der Waals surface area contributed by atoms with Crippen molar-refractivity contribution < 1.29 is 10.1 Å². The highest BCUT2D eigenvalue weighted by Crippen LogP contribution is 2.31. The molecule has 4 rings (SSSR count). The molecule has 0 aliphatic carbocycles. The zero-order chi connectivity index (χ0) is 19.7. The molecule has 2 aromatic heterocycles. The highest BCUT2D eigenvalue weighted by molar-refractivity contribution is 6.42. The minimum Gasteiger partial charge on any atom is -0.340 e. The summed E-state index contributed by atoms with van der Waals surface area (Å²) in [5.74, 6) is 0.893. The summed E-state index contributed by atoms with van der Waals surface area (Å²) < 4.78 is 0. The Kier molecular flexibility index (Phi) is 4.77. The third-order valence-corrected chi connectivity index (χ3v) is 4.74.